The Morgan fingerprint density at radius 3 is 1.63 bits per heavy atom. The van der Waals surface area contributed by atoms with Crippen LogP contribution in [0, 0.1) is 0 Å². The van der Waals surface area contributed by atoms with E-state index in [1.165, 1.54) is 128 Å². The van der Waals surface area contributed by atoms with Crippen LogP contribution in [-0.4, -0.2) is 80.8 Å². The van der Waals surface area contributed by atoms with E-state index in [0.717, 1.165) is 43.1 Å². The van der Waals surface area contributed by atoms with Gasteiger partial charge in [-0.25, -0.2) is 9.36 Å². The fourth-order valence-corrected chi connectivity index (χ4v) is 8.06. The largest absolute Gasteiger partial charge is 0.472 e. The lowest BCUT2D eigenvalue weighted by Gasteiger charge is -2.21. The first-order valence-electron chi connectivity index (χ1n) is 23.3. The molecule has 2 heterocycles. The standard InChI is InChI=1S/C44H80N3O12P/c1-3-5-7-9-11-13-15-17-19-21-23-25-27-29-39(48)55-33-36(58-40(49)30-28-26-24-22-20-18-16-14-12-10-8-6-4-2)34-56-60(53,54)57-35-37-41(50)42(51)43(59-37)47-32-31-38(45)46-44(47)52/h31-32,36-37,41-43,50-51H,3-30,33-35H2,1-2H3,(H,53,54)(H2,45,46,52)/t36-,37+,41+,42+,43+/m0/s1. The highest BCUT2D eigenvalue weighted by Gasteiger charge is 2.45. The summed E-state index contributed by atoms with van der Waals surface area (Å²) in [5, 5.41) is 21.0. The minimum atomic E-state index is -4.84. The zero-order valence-corrected chi connectivity index (χ0v) is 37.8. The van der Waals surface area contributed by atoms with Gasteiger partial charge in [-0.2, -0.15) is 4.98 Å². The number of hydrogen-bond donors (Lipinski definition) is 4. The number of aromatic nitrogens is 2. The Labute approximate surface area is 359 Å². The fraction of sp³-hybridized carbons (Fsp3) is 0.864. The van der Waals surface area contributed by atoms with Crippen LogP contribution in [0.3, 0.4) is 0 Å². The Bertz CT molecular complexity index is 1380. The first-order valence-corrected chi connectivity index (χ1v) is 24.8. The molecule has 0 bridgehead atoms. The number of nitrogen functional groups attached to an aromatic ring is 1. The molecule has 1 aliphatic rings. The van der Waals surface area contributed by atoms with Crippen molar-refractivity contribution in [2.75, 3.05) is 25.6 Å². The summed E-state index contributed by atoms with van der Waals surface area (Å²) in [6.07, 6.45) is 25.1. The van der Waals surface area contributed by atoms with Gasteiger partial charge in [0.2, 0.25) is 0 Å². The summed E-state index contributed by atoms with van der Waals surface area (Å²) < 4.78 is 40.5. The lowest BCUT2D eigenvalue weighted by atomic mass is 10.0. The molecular formula is C44H80N3O12P. The van der Waals surface area contributed by atoms with Gasteiger partial charge in [-0.05, 0) is 18.9 Å². The van der Waals surface area contributed by atoms with Gasteiger partial charge in [0.15, 0.2) is 12.3 Å². The van der Waals surface area contributed by atoms with Gasteiger partial charge in [-0.3, -0.25) is 23.2 Å². The number of aliphatic hydroxyl groups excluding tert-OH is 2. The van der Waals surface area contributed by atoms with Crippen molar-refractivity contribution in [3.05, 3.63) is 22.7 Å². The smallest absolute Gasteiger partial charge is 0.462 e. The number of phosphoric ester groups is 1. The molecular weight excluding hydrogens is 793 g/mol. The highest BCUT2D eigenvalue weighted by Crippen LogP contribution is 2.44. The third kappa shape index (κ3) is 24.9. The molecule has 1 unspecified atom stereocenters. The van der Waals surface area contributed by atoms with Crippen LogP contribution in [0.1, 0.15) is 200 Å². The van der Waals surface area contributed by atoms with Gasteiger partial charge >= 0.3 is 25.5 Å². The van der Waals surface area contributed by atoms with Gasteiger partial charge in [0.25, 0.3) is 0 Å². The number of esters is 2. The molecule has 16 heteroatoms. The van der Waals surface area contributed by atoms with Crippen molar-refractivity contribution in [1.29, 1.82) is 0 Å². The van der Waals surface area contributed by atoms with E-state index in [1.807, 2.05) is 0 Å². The molecule has 5 N–H and O–H groups in total. The summed E-state index contributed by atoms with van der Waals surface area (Å²) >= 11 is 0. The van der Waals surface area contributed by atoms with Gasteiger partial charge < -0.3 is 35.1 Å². The molecule has 0 aromatic carbocycles. The van der Waals surface area contributed by atoms with Crippen LogP contribution in [0.5, 0.6) is 0 Å². The SMILES string of the molecule is CCCCCCCCCCCCCCCC(=O)OC[C@@H](COP(=O)(O)OC[C@H]1O[C@@H](n2ccc(N)nc2=O)[C@H](O)[C@@H]1O)OC(=O)CCCCCCCCCCCCCCC. The van der Waals surface area contributed by atoms with Crippen LogP contribution >= 0.6 is 7.82 Å². The highest BCUT2D eigenvalue weighted by atomic mass is 31.2. The topological polar surface area (TPSA) is 219 Å². The van der Waals surface area contributed by atoms with Crippen molar-refractivity contribution in [2.24, 2.45) is 0 Å². The maximum Gasteiger partial charge on any atom is 0.472 e. The number of ether oxygens (including phenoxy) is 3. The van der Waals surface area contributed by atoms with E-state index in [-0.39, 0.29) is 25.3 Å². The average molecular weight is 874 g/mol. The third-order valence-corrected chi connectivity index (χ3v) is 11.9. The number of aliphatic hydroxyl groups is 2. The minimum Gasteiger partial charge on any atom is -0.462 e. The van der Waals surface area contributed by atoms with Gasteiger partial charge in [0.05, 0.1) is 13.2 Å². The van der Waals surface area contributed by atoms with Crippen molar-refractivity contribution >= 4 is 25.6 Å². The van der Waals surface area contributed by atoms with Gasteiger partial charge in [0.1, 0.15) is 30.7 Å². The molecule has 6 atom stereocenters. The van der Waals surface area contributed by atoms with Crippen molar-refractivity contribution in [1.82, 2.24) is 9.55 Å². The van der Waals surface area contributed by atoms with E-state index in [0.29, 0.717) is 12.8 Å². The molecule has 348 valence electrons. The van der Waals surface area contributed by atoms with Crippen molar-refractivity contribution < 1.29 is 52.5 Å². The Morgan fingerprint density at radius 2 is 1.17 bits per heavy atom. The Hall–Kier alpha value is -2.39. The van der Waals surface area contributed by atoms with E-state index in [9.17, 15) is 34.1 Å². The highest BCUT2D eigenvalue weighted by molar-refractivity contribution is 7.47. The van der Waals surface area contributed by atoms with Gasteiger partial charge in [-0.15, -0.1) is 0 Å². The van der Waals surface area contributed by atoms with E-state index in [2.05, 4.69) is 18.8 Å². The summed E-state index contributed by atoms with van der Waals surface area (Å²) in [4.78, 5) is 51.7. The Balaban J connectivity index is 1.77. The minimum absolute atomic E-state index is 0.0457. The lowest BCUT2D eigenvalue weighted by molar-refractivity contribution is -0.161. The number of unbranched alkanes of at least 4 members (excludes halogenated alkanes) is 24. The summed E-state index contributed by atoms with van der Waals surface area (Å²) in [7, 11) is -4.84. The van der Waals surface area contributed by atoms with Crippen molar-refractivity contribution in [3.8, 4) is 0 Å². The number of hydrogen-bond acceptors (Lipinski definition) is 13. The van der Waals surface area contributed by atoms with Crippen LogP contribution in [0.4, 0.5) is 5.82 Å². The predicted molar refractivity (Wildman–Crippen MR) is 232 cm³/mol. The Morgan fingerprint density at radius 1 is 0.717 bits per heavy atom. The molecule has 60 heavy (non-hydrogen) atoms. The van der Waals surface area contributed by atoms with Crippen molar-refractivity contribution in [2.45, 2.75) is 224 Å². The number of nitrogens with zero attached hydrogens (tertiary/aromatic N) is 2. The normalized spacial score (nSPS) is 19.3. The lowest BCUT2D eigenvalue weighted by Crippen LogP contribution is -2.36. The molecule has 0 aliphatic carbocycles. The molecule has 1 fully saturated rings. The van der Waals surface area contributed by atoms with Crippen LogP contribution in [0.25, 0.3) is 0 Å². The Kier molecular flexibility index (Phi) is 29.7. The molecule has 0 amide bonds. The van der Waals surface area contributed by atoms with E-state index in [4.69, 9.17) is 29.0 Å². The van der Waals surface area contributed by atoms with Crippen LogP contribution in [0.15, 0.2) is 17.1 Å². The second-order valence-corrected chi connectivity index (χ2v) is 17.9. The van der Waals surface area contributed by atoms with Crippen LogP contribution < -0.4 is 11.4 Å². The maximum absolute atomic E-state index is 12.9. The fourth-order valence-electron chi connectivity index (χ4n) is 7.29. The number of anilines is 1. The number of phosphoric acid groups is 1. The molecule has 2 rings (SSSR count). The van der Waals surface area contributed by atoms with E-state index >= 15 is 0 Å². The molecule has 15 nitrogen and oxygen atoms in total. The molecule has 1 saturated heterocycles. The molecule has 0 radical (unpaired) electrons. The number of rotatable bonds is 38. The molecule has 1 aromatic rings. The number of nitrogens with two attached hydrogens (primary N) is 1. The molecule has 1 aromatic heterocycles. The summed E-state index contributed by atoms with van der Waals surface area (Å²) in [5.41, 5.74) is 4.69. The van der Waals surface area contributed by atoms with E-state index in [1.54, 1.807) is 0 Å². The zero-order valence-electron chi connectivity index (χ0n) is 36.9. The van der Waals surface area contributed by atoms with Crippen LogP contribution in [0.2, 0.25) is 0 Å². The maximum atomic E-state index is 12.9. The van der Waals surface area contributed by atoms with E-state index < -0.39 is 69.3 Å². The second kappa shape index (κ2) is 33.2. The first kappa shape index (κ1) is 53.7. The number of carbonyl (C=O) groups is 2. The third-order valence-electron chi connectivity index (χ3n) is 11.0. The zero-order chi connectivity index (χ0) is 43.9. The average Bonchev–Trinajstić information content (AvgIpc) is 3.50. The van der Waals surface area contributed by atoms with Crippen LogP contribution in [-0.2, 0) is 37.4 Å². The molecule has 0 saturated carbocycles. The van der Waals surface area contributed by atoms with Gasteiger partial charge in [-0.1, -0.05) is 168 Å². The molecule has 0 spiro atoms. The first-order chi connectivity index (χ1) is 29.0. The van der Waals surface area contributed by atoms with Crippen molar-refractivity contribution in [3.63, 3.8) is 0 Å². The second-order valence-electron chi connectivity index (χ2n) is 16.4. The number of carbonyl (C=O) groups excluding carboxylic acids is 2. The molecule has 1 aliphatic heterocycles. The van der Waals surface area contributed by atoms with Gasteiger partial charge in [0, 0.05) is 19.0 Å². The monoisotopic (exact) mass is 874 g/mol. The summed E-state index contributed by atoms with van der Waals surface area (Å²) in [5.74, 6) is -1.05. The summed E-state index contributed by atoms with van der Waals surface area (Å²) in [6.45, 7) is 2.78. The quantitative estimate of drug-likeness (QED) is 0.0277. The summed E-state index contributed by atoms with van der Waals surface area (Å²) in [6, 6.07) is 1.31. The predicted octanol–water partition coefficient (Wildman–Crippen LogP) is 9.00.